The van der Waals surface area contributed by atoms with Crippen LogP contribution in [-0.4, -0.2) is 66.9 Å². The van der Waals surface area contributed by atoms with E-state index in [1.165, 1.54) is 26.2 Å². The SMILES string of the molecule is Cc1cn([C@H]2C[C@H](NP(=O)([O-])OC[C@H]3O[C@@H](n4cc(C)c(=O)[nH]c4=O)C[C@@H]3O)[C@@H](CO)O2)c(=O)[nH]c1=O. The van der Waals surface area contributed by atoms with E-state index >= 15 is 0 Å². The maximum atomic E-state index is 12.6. The van der Waals surface area contributed by atoms with Crippen LogP contribution < -0.4 is 32.5 Å². The van der Waals surface area contributed by atoms with E-state index in [0.29, 0.717) is 0 Å². The van der Waals surface area contributed by atoms with Gasteiger partial charge in [0.15, 0.2) is 0 Å². The van der Waals surface area contributed by atoms with Crippen LogP contribution in [0.3, 0.4) is 0 Å². The van der Waals surface area contributed by atoms with Gasteiger partial charge in [0.05, 0.1) is 25.4 Å². The highest BCUT2D eigenvalue weighted by Gasteiger charge is 2.40. The summed E-state index contributed by atoms with van der Waals surface area (Å²) in [6, 6.07) is -0.970. The number of aliphatic hydroxyl groups is 2. The molecule has 0 saturated carbocycles. The summed E-state index contributed by atoms with van der Waals surface area (Å²) in [4.78, 5) is 64.3. The molecule has 0 radical (unpaired) electrons. The number of aryl methyl sites for hydroxylation is 2. The quantitative estimate of drug-likeness (QED) is 0.210. The average molecular weight is 544 g/mol. The molecule has 2 saturated heterocycles. The molecule has 2 aromatic rings. The zero-order valence-electron chi connectivity index (χ0n) is 19.9. The number of aliphatic hydroxyl groups excluding tert-OH is 2. The van der Waals surface area contributed by atoms with Crippen molar-refractivity contribution in [1.82, 2.24) is 24.2 Å². The Morgan fingerprint density at radius 3 is 2.08 bits per heavy atom. The number of nitrogens with zero attached hydrogens (tertiary/aromatic N) is 2. The zero-order chi connectivity index (χ0) is 27.1. The number of nitrogens with one attached hydrogen (secondary N) is 3. The molecule has 17 heteroatoms. The van der Waals surface area contributed by atoms with Crippen molar-refractivity contribution < 1.29 is 33.7 Å². The standard InChI is InChI=1S/C20H28N5O11P/c1-9-5-24(19(30)21-17(9)28)15-3-11(13(7-26)35-15)23-37(32,33)34-8-14-12(27)4-16(36-14)25-6-10(2)18(29)22-20(25)31/h5-6,11-16,26-27H,3-4,7-8H2,1-2H3,(H,21,28,30)(H,22,29,31)(H2,23,32,33)/p-1/t11-,12-,13+,14+,15+,16+/m0/s1. The molecule has 16 nitrogen and oxygen atoms in total. The van der Waals surface area contributed by atoms with Gasteiger partial charge in [0, 0.05) is 42.4 Å². The lowest BCUT2D eigenvalue weighted by Crippen LogP contribution is -2.40. The summed E-state index contributed by atoms with van der Waals surface area (Å²) in [5.74, 6) is 0. The first-order valence-corrected chi connectivity index (χ1v) is 12.9. The Kier molecular flexibility index (Phi) is 7.83. The van der Waals surface area contributed by atoms with E-state index in [9.17, 15) is 38.8 Å². The predicted octanol–water partition coefficient (Wildman–Crippen LogP) is -2.92. The van der Waals surface area contributed by atoms with Gasteiger partial charge in [0.2, 0.25) is 7.75 Å². The smallest absolute Gasteiger partial charge is 0.330 e. The molecule has 1 unspecified atom stereocenters. The molecule has 2 fully saturated rings. The summed E-state index contributed by atoms with van der Waals surface area (Å²) in [6.07, 6.45) is -2.73. The first-order chi connectivity index (χ1) is 17.4. The Morgan fingerprint density at radius 2 is 1.54 bits per heavy atom. The monoisotopic (exact) mass is 544 g/mol. The lowest BCUT2D eigenvalue weighted by Gasteiger charge is -2.30. The van der Waals surface area contributed by atoms with Gasteiger partial charge in [-0.25, -0.2) is 9.59 Å². The van der Waals surface area contributed by atoms with Gasteiger partial charge in [-0.15, -0.1) is 0 Å². The van der Waals surface area contributed by atoms with Gasteiger partial charge in [0.25, 0.3) is 11.1 Å². The van der Waals surface area contributed by atoms with Crippen LogP contribution in [0.4, 0.5) is 0 Å². The Labute approximate surface area is 208 Å². The fraction of sp³-hybridized carbons (Fsp3) is 0.600. The van der Waals surface area contributed by atoms with Crippen LogP contribution in [0, 0.1) is 13.8 Å². The van der Waals surface area contributed by atoms with E-state index in [2.05, 4.69) is 15.1 Å². The Morgan fingerprint density at radius 1 is 1.03 bits per heavy atom. The van der Waals surface area contributed by atoms with Crippen LogP contribution in [-0.2, 0) is 18.6 Å². The molecule has 7 atom stereocenters. The highest BCUT2D eigenvalue weighted by molar-refractivity contribution is 7.49. The second kappa shape index (κ2) is 10.6. The number of hydrogen-bond donors (Lipinski definition) is 5. The minimum absolute atomic E-state index is 0.0475. The number of ether oxygens (including phenoxy) is 2. The number of H-pyrrole nitrogens is 2. The van der Waals surface area contributed by atoms with Crippen LogP contribution in [0.5, 0.6) is 0 Å². The van der Waals surface area contributed by atoms with E-state index in [-0.39, 0.29) is 24.0 Å². The van der Waals surface area contributed by atoms with Crippen LogP contribution in [0.15, 0.2) is 31.6 Å². The third-order valence-electron chi connectivity index (χ3n) is 6.27. The topological polar surface area (TPSA) is 230 Å². The Balaban J connectivity index is 1.39. The largest absolute Gasteiger partial charge is 0.766 e. The van der Waals surface area contributed by atoms with E-state index in [1.807, 2.05) is 0 Å². The highest BCUT2D eigenvalue weighted by atomic mass is 31.2. The van der Waals surface area contributed by atoms with Crippen molar-refractivity contribution in [3.8, 4) is 0 Å². The summed E-state index contributed by atoms with van der Waals surface area (Å²) < 4.78 is 31.0. The molecule has 2 aromatic heterocycles. The van der Waals surface area contributed by atoms with Crippen molar-refractivity contribution in [3.63, 3.8) is 0 Å². The molecule has 4 heterocycles. The first kappa shape index (κ1) is 27.3. The van der Waals surface area contributed by atoms with Crippen LogP contribution >= 0.6 is 7.75 Å². The molecule has 0 aromatic carbocycles. The third-order valence-corrected chi connectivity index (χ3v) is 7.40. The summed E-state index contributed by atoms with van der Waals surface area (Å²) in [6.45, 7) is 1.83. The molecule has 0 spiro atoms. The molecular weight excluding hydrogens is 517 g/mol. The Bertz CT molecular complexity index is 1430. The summed E-state index contributed by atoms with van der Waals surface area (Å²) in [5.41, 5.74) is -2.13. The maximum absolute atomic E-state index is 12.6. The maximum Gasteiger partial charge on any atom is 0.330 e. The Hall–Kier alpha value is -2.69. The van der Waals surface area contributed by atoms with Crippen molar-refractivity contribution in [1.29, 1.82) is 0 Å². The van der Waals surface area contributed by atoms with E-state index in [4.69, 9.17) is 14.0 Å². The lowest BCUT2D eigenvalue weighted by atomic mass is 10.1. The van der Waals surface area contributed by atoms with Gasteiger partial charge < -0.3 is 29.1 Å². The van der Waals surface area contributed by atoms with E-state index in [0.717, 1.165) is 9.13 Å². The predicted molar refractivity (Wildman–Crippen MR) is 123 cm³/mol. The van der Waals surface area contributed by atoms with Crippen molar-refractivity contribution in [3.05, 3.63) is 65.2 Å². The van der Waals surface area contributed by atoms with Gasteiger partial charge in [-0.05, 0) is 13.8 Å². The zero-order valence-corrected chi connectivity index (χ0v) is 20.8. The normalized spacial score (nSPS) is 29.4. The van der Waals surface area contributed by atoms with Crippen LogP contribution in [0.1, 0.15) is 36.4 Å². The summed E-state index contributed by atoms with van der Waals surface area (Å²) in [5, 5.41) is 22.2. The van der Waals surface area contributed by atoms with Gasteiger partial charge in [-0.2, -0.15) is 0 Å². The molecule has 2 aliphatic rings. The number of hydrogen-bond acceptors (Lipinski definition) is 11. The minimum Gasteiger partial charge on any atom is -0.766 e. The molecular formula is C20H27N5O11P-. The van der Waals surface area contributed by atoms with Gasteiger partial charge in [-0.1, -0.05) is 0 Å². The second-order valence-corrected chi connectivity index (χ2v) is 10.5. The molecule has 37 heavy (non-hydrogen) atoms. The number of aromatic amines is 2. The highest BCUT2D eigenvalue weighted by Crippen LogP contribution is 2.39. The van der Waals surface area contributed by atoms with Gasteiger partial charge >= 0.3 is 11.4 Å². The fourth-order valence-electron chi connectivity index (χ4n) is 4.25. The minimum atomic E-state index is -4.78. The van der Waals surface area contributed by atoms with Crippen molar-refractivity contribution in [2.24, 2.45) is 0 Å². The van der Waals surface area contributed by atoms with Crippen LogP contribution in [0.2, 0.25) is 0 Å². The molecule has 204 valence electrons. The second-order valence-electron chi connectivity index (χ2n) is 8.97. The molecule has 0 bridgehead atoms. The lowest BCUT2D eigenvalue weighted by molar-refractivity contribution is -0.206. The van der Waals surface area contributed by atoms with Crippen molar-refractivity contribution in [2.45, 2.75) is 63.5 Å². The molecule has 4 rings (SSSR count). The molecule has 5 N–H and O–H groups in total. The molecule has 0 aliphatic carbocycles. The van der Waals surface area contributed by atoms with Crippen LogP contribution in [0.25, 0.3) is 0 Å². The van der Waals surface area contributed by atoms with Crippen molar-refractivity contribution >= 4 is 7.75 Å². The third kappa shape index (κ3) is 5.91. The number of aromatic nitrogens is 4. The van der Waals surface area contributed by atoms with Gasteiger partial charge in [-0.3, -0.25) is 38.3 Å². The molecule has 0 amide bonds. The van der Waals surface area contributed by atoms with E-state index in [1.54, 1.807) is 0 Å². The van der Waals surface area contributed by atoms with Crippen molar-refractivity contribution in [2.75, 3.05) is 13.2 Å². The molecule has 2 aliphatic heterocycles. The fourth-order valence-corrected chi connectivity index (χ4v) is 5.35. The van der Waals surface area contributed by atoms with E-state index < -0.39 is 80.3 Å². The first-order valence-electron chi connectivity index (χ1n) is 11.4. The van der Waals surface area contributed by atoms with Gasteiger partial charge in [0.1, 0.15) is 18.6 Å². The average Bonchev–Trinajstić information content (AvgIpc) is 3.39. The summed E-state index contributed by atoms with van der Waals surface area (Å²) >= 11 is 0. The number of rotatable bonds is 8. The summed E-state index contributed by atoms with van der Waals surface area (Å²) in [7, 11) is -4.78.